The minimum absolute atomic E-state index is 0.711. The summed E-state index contributed by atoms with van der Waals surface area (Å²) in [6.45, 7) is 0. The van der Waals surface area contributed by atoms with Crippen molar-refractivity contribution in [3.05, 3.63) is 146 Å². The lowest BCUT2D eigenvalue weighted by Gasteiger charge is -2.17. The van der Waals surface area contributed by atoms with E-state index in [1.54, 1.807) is 12.4 Å². The van der Waals surface area contributed by atoms with Gasteiger partial charge in [-0.3, -0.25) is 4.98 Å². The monoisotopic (exact) mass is 584 g/mol. The number of nitrogens with zero attached hydrogens (tertiary/aromatic N) is 4. The zero-order valence-corrected chi connectivity index (χ0v) is 24.6. The van der Waals surface area contributed by atoms with Gasteiger partial charge in [0, 0.05) is 40.5 Å². The van der Waals surface area contributed by atoms with Gasteiger partial charge in [0.2, 0.25) is 0 Å². The van der Waals surface area contributed by atoms with Gasteiger partial charge in [0.15, 0.2) is 5.82 Å². The molecule has 3 aromatic heterocycles. The standard InChI is InChI=1S/C42H24N4/c1-6-26-7-2-9-32-34-19-18-29(30-10-3-11-33(39(30)34)31(8-1)38(26)32)36-24-28-17-20-37(46-40(28)41-35(36)12-4-21-43-41)25-13-15-27(16-14-25)42-44-22-5-23-45-42/h1-24H. The van der Waals surface area contributed by atoms with Crippen LogP contribution >= 0.6 is 0 Å². The van der Waals surface area contributed by atoms with Crippen molar-refractivity contribution in [3.63, 3.8) is 0 Å². The minimum Gasteiger partial charge on any atom is -0.254 e. The van der Waals surface area contributed by atoms with Gasteiger partial charge < -0.3 is 0 Å². The maximum absolute atomic E-state index is 5.18. The SMILES string of the molecule is c1cnc(-c2ccc(-c3ccc4cc(-c5ccc6c7cccc8cccc(c9cccc5c96)c87)c5cccnc5c4n3)cc2)nc1. The smallest absolute Gasteiger partial charge is 0.159 e. The number of rotatable bonds is 3. The summed E-state index contributed by atoms with van der Waals surface area (Å²) in [5.41, 5.74) is 7.09. The van der Waals surface area contributed by atoms with Crippen LogP contribution in [0.3, 0.4) is 0 Å². The Hall–Kier alpha value is -6.26. The van der Waals surface area contributed by atoms with Crippen molar-refractivity contribution in [2.24, 2.45) is 0 Å². The van der Waals surface area contributed by atoms with Gasteiger partial charge >= 0.3 is 0 Å². The molecule has 212 valence electrons. The van der Waals surface area contributed by atoms with E-state index in [0.717, 1.165) is 44.2 Å². The Kier molecular flexibility index (Phi) is 5.25. The van der Waals surface area contributed by atoms with Crippen molar-refractivity contribution < 1.29 is 0 Å². The molecule has 0 saturated heterocycles. The molecular weight excluding hydrogens is 560 g/mol. The van der Waals surface area contributed by atoms with E-state index in [1.807, 2.05) is 30.5 Å². The Labute approximate surface area is 264 Å². The van der Waals surface area contributed by atoms with E-state index in [-0.39, 0.29) is 0 Å². The van der Waals surface area contributed by atoms with Gasteiger partial charge in [0.25, 0.3) is 0 Å². The summed E-state index contributed by atoms with van der Waals surface area (Å²) < 4.78 is 0. The third kappa shape index (κ3) is 3.61. The highest BCUT2D eigenvalue weighted by atomic mass is 14.8. The van der Waals surface area contributed by atoms with Gasteiger partial charge in [-0.1, -0.05) is 103 Å². The van der Waals surface area contributed by atoms with Crippen LogP contribution in [0.5, 0.6) is 0 Å². The van der Waals surface area contributed by atoms with Crippen LogP contribution in [0.1, 0.15) is 0 Å². The first-order chi connectivity index (χ1) is 22.8. The zero-order chi connectivity index (χ0) is 30.2. The molecule has 0 N–H and O–H groups in total. The highest BCUT2D eigenvalue weighted by molar-refractivity contribution is 6.34. The van der Waals surface area contributed by atoms with Gasteiger partial charge in [-0.15, -0.1) is 0 Å². The van der Waals surface area contributed by atoms with Crippen molar-refractivity contribution in [1.82, 2.24) is 19.9 Å². The van der Waals surface area contributed by atoms with Crippen molar-refractivity contribution in [2.45, 2.75) is 0 Å². The van der Waals surface area contributed by atoms with Crippen molar-refractivity contribution in [1.29, 1.82) is 0 Å². The van der Waals surface area contributed by atoms with Crippen LogP contribution in [0.15, 0.2) is 146 Å². The highest BCUT2D eigenvalue weighted by Gasteiger charge is 2.18. The van der Waals surface area contributed by atoms with Crippen LogP contribution < -0.4 is 0 Å². The molecule has 46 heavy (non-hydrogen) atoms. The third-order valence-corrected chi connectivity index (χ3v) is 9.37. The molecule has 0 bridgehead atoms. The second kappa shape index (κ2) is 9.62. The number of pyridine rings is 2. The van der Waals surface area contributed by atoms with Gasteiger partial charge in [0.05, 0.1) is 16.7 Å². The van der Waals surface area contributed by atoms with E-state index in [1.165, 1.54) is 48.7 Å². The average Bonchev–Trinajstić information content (AvgIpc) is 3.13. The molecule has 0 spiro atoms. The summed E-state index contributed by atoms with van der Waals surface area (Å²) in [5, 5.41) is 12.5. The highest BCUT2D eigenvalue weighted by Crippen LogP contribution is 2.44. The van der Waals surface area contributed by atoms with Gasteiger partial charge in [0.1, 0.15) is 0 Å². The molecule has 10 aromatic rings. The van der Waals surface area contributed by atoms with E-state index >= 15 is 0 Å². The van der Waals surface area contributed by atoms with Gasteiger partial charge in [-0.05, 0) is 78.5 Å². The Bertz CT molecular complexity index is 2740. The van der Waals surface area contributed by atoms with Crippen LogP contribution in [0.4, 0.5) is 0 Å². The van der Waals surface area contributed by atoms with Crippen LogP contribution in [0.25, 0.3) is 98.7 Å². The Morgan fingerprint density at radius 3 is 1.83 bits per heavy atom. The quantitative estimate of drug-likeness (QED) is 0.153. The van der Waals surface area contributed by atoms with Gasteiger partial charge in [-0.25, -0.2) is 15.0 Å². The summed E-state index contributed by atoms with van der Waals surface area (Å²) in [6, 6.07) is 45.5. The normalized spacial score (nSPS) is 11.9. The second-order valence-electron chi connectivity index (χ2n) is 11.8. The summed E-state index contributed by atoms with van der Waals surface area (Å²) in [5.74, 6) is 0.711. The van der Waals surface area contributed by atoms with E-state index in [9.17, 15) is 0 Å². The first kappa shape index (κ1) is 25.1. The van der Waals surface area contributed by atoms with Crippen LogP contribution in [0, 0.1) is 0 Å². The van der Waals surface area contributed by atoms with Crippen LogP contribution in [0.2, 0.25) is 0 Å². The molecule has 0 radical (unpaired) electrons. The Morgan fingerprint density at radius 1 is 0.370 bits per heavy atom. The second-order valence-corrected chi connectivity index (χ2v) is 11.8. The Balaban J connectivity index is 1.18. The number of benzene rings is 7. The molecule has 0 atom stereocenters. The third-order valence-electron chi connectivity index (χ3n) is 9.37. The van der Waals surface area contributed by atoms with E-state index in [0.29, 0.717) is 5.82 Å². The molecule has 4 nitrogen and oxygen atoms in total. The molecule has 7 aromatic carbocycles. The maximum Gasteiger partial charge on any atom is 0.159 e. The van der Waals surface area contributed by atoms with Crippen molar-refractivity contribution in [2.75, 3.05) is 0 Å². The molecule has 0 aliphatic carbocycles. The fourth-order valence-electron chi connectivity index (χ4n) is 7.32. The number of hydrogen-bond acceptors (Lipinski definition) is 4. The van der Waals surface area contributed by atoms with Crippen molar-refractivity contribution >= 4 is 64.9 Å². The van der Waals surface area contributed by atoms with Crippen LogP contribution in [-0.4, -0.2) is 19.9 Å². The average molecular weight is 585 g/mol. The lowest BCUT2D eigenvalue weighted by Crippen LogP contribution is -1.93. The molecule has 0 aliphatic rings. The molecule has 0 fully saturated rings. The van der Waals surface area contributed by atoms with E-state index < -0.39 is 0 Å². The Morgan fingerprint density at radius 2 is 1.02 bits per heavy atom. The molecule has 0 amide bonds. The summed E-state index contributed by atoms with van der Waals surface area (Å²) >= 11 is 0. The topological polar surface area (TPSA) is 51.6 Å². The first-order valence-corrected chi connectivity index (χ1v) is 15.5. The predicted octanol–water partition coefficient (Wildman–Crippen LogP) is 10.6. The summed E-state index contributed by atoms with van der Waals surface area (Å²) in [7, 11) is 0. The number of aromatic nitrogens is 4. The molecule has 3 heterocycles. The molecule has 0 aliphatic heterocycles. The molecule has 10 rings (SSSR count). The fraction of sp³-hybridized carbons (Fsp3) is 0. The van der Waals surface area contributed by atoms with E-state index in [4.69, 9.17) is 9.97 Å². The van der Waals surface area contributed by atoms with Gasteiger partial charge in [-0.2, -0.15) is 0 Å². The summed E-state index contributed by atoms with van der Waals surface area (Å²) in [4.78, 5) is 18.8. The molecule has 0 saturated carbocycles. The van der Waals surface area contributed by atoms with E-state index in [2.05, 4.69) is 113 Å². The largest absolute Gasteiger partial charge is 0.254 e. The number of fused-ring (bicyclic) bond motifs is 5. The number of hydrogen-bond donors (Lipinski definition) is 0. The molecule has 0 unspecified atom stereocenters. The van der Waals surface area contributed by atoms with Crippen molar-refractivity contribution in [3.8, 4) is 33.8 Å². The fourth-order valence-corrected chi connectivity index (χ4v) is 7.32. The minimum atomic E-state index is 0.711. The predicted molar refractivity (Wildman–Crippen MR) is 190 cm³/mol. The summed E-state index contributed by atoms with van der Waals surface area (Å²) in [6.07, 6.45) is 5.39. The first-order valence-electron chi connectivity index (χ1n) is 15.5. The maximum atomic E-state index is 5.18. The molecular formula is C42H24N4. The molecule has 4 heteroatoms. The van der Waals surface area contributed by atoms with Crippen LogP contribution in [-0.2, 0) is 0 Å². The lowest BCUT2D eigenvalue weighted by atomic mass is 9.86. The lowest BCUT2D eigenvalue weighted by molar-refractivity contribution is 1.18. The zero-order valence-electron chi connectivity index (χ0n) is 24.6.